The van der Waals surface area contributed by atoms with E-state index < -0.39 is 150 Å². The van der Waals surface area contributed by atoms with Gasteiger partial charge in [-0.15, -0.1) is 21.9 Å². The summed E-state index contributed by atoms with van der Waals surface area (Å²) in [5, 5.41) is 0. The van der Waals surface area contributed by atoms with Crippen LogP contribution in [0.1, 0.15) is 41.6 Å². The fourth-order valence-corrected chi connectivity index (χ4v) is 6.95. The average Bonchev–Trinajstić information content (AvgIpc) is 3.29. The molecule has 0 aliphatic carbocycles. The largest absolute Gasteiger partial charge is 0.287 e. The van der Waals surface area contributed by atoms with Gasteiger partial charge in [0.15, 0.2) is 76.0 Å². The van der Waals surface area contributed by atoms with Gasteiger partial charge in [0.2, 0.25) is 23.8 Å². The topological polar surface area (TPSA) is 38.0 Å². The van der Waals surface area contributed by atoms with Crippen LogP contribution in [0, 0.1) is 122 Å². The maximum atomic E-state index is 15.4. The zero-order chi connectivity index (χ0) is 49.8. The Morgan fingerprint density at radius 1 is 0.394 bits per heavy atom. The highest BCUT2D eigenvalue weighted by Crippen LogP contribution is 2.31. The molecule has 0 spiro atoms. The third kappa shape index (κ3) is 8.03. The molecule has 1 aromatic heterocycles. The minimum atomic E-state index is -7.22. The molecule has 0 fully saturated rings. The molecule has 0 amide bonds. The summed E-state index contributed by atoms with van der Waals surface area (Å²) in [4.78, 5) is 24.8. The first kappa shape index (κ1) is 50.3. The molecule has 0 saturated carbocycles. The van der Waals surface area contributed by atoms with E-state index in [1.807, 2.05) is 51.1 Å². The van der Waals surface area contributed by atoms with Gasteiger partial charge < -0.3 is 0 Å². The van der Waals surface area contributed by atoms with Crippen molar-refractivity contribution in [1.29, 1.82) is 0 Å². The lowest BCUT2D eigenvalue weighted by molar-refractivity contribution is -0.685. The van der Waals surface area contributed by atoms with Crippen LogP contribution in [0.5, 0.6) is 0 Å². The Morgan fingerprint density at radius 2 is 0.652 bits per heavy atom. The number of carbonyl (C=O) groups is 2. The average molecular weight is 961 g/mol. The third-order valence-electron chi connectivity index (χ3n) is 9.97. The summed E-state index contributed by atoms with van der Waals surface area (Å²) >= 11 is 0. The molecule has 348 valence electrons. The first-order chi connectivity index (χ1) is 30.6. The zero-order valence-corrected chi connectivity index (χ0v) is 32.8. The van der Waals surface area contributed by atoms with Crippen LogP contribution < -0.4 is 26.4 Å². The van der Waals surface area contributed by atoms with Gasteiger partial charge >= 0.3 is 0 Å². The summed E-state index contributed by atoms with van der Waals surface area (Å²) in [5.41, 5.74) is -13.6. The van der Waals surface area contributed by atoms with E-state index in [-0.39, 0.29) is 18.1 Å². The molecule has 66 heavy (non-hydrogen) atoms. The van der Waals surface area contributed by atoms with Crippen LogP contribution in [0.3, 0.4) is 0 Å². The lowest BCUT2D eigenvalue weighted by atomic mass is 9.12. The van der Waals surface area contributed by atoms with Gasteiger partial charge in [-0.3, -0.25) is 9.59 Å². The van der Waals surface area contributed by atoms with E-state index in [0.29, 0.717) is 11.3 Å². The molecule has 6 rings (SSSR count). The molecule has 0 bridgehead atoms. The Labute approximate surface area is 356 Å². The third-order valence-corrected chi connectivity index (χ3v) is 9.97. The summed E-state index contributed by atoms with van der Waals surface area (Å²) in [5.74, 6) is -71.4. The molecule has 0 aliphatic rings. The van der Waals surface area contributed by atoms with Crippen molar-refractivity contribution in [2.75, 3.05) is 0 Å². The van der Waals surface area contributed by atoms with Crippen LogP contribution in [-0.2, 0) is 6.54 Å². The predicted molar refractivity (Wildman–Crippen MR) is 190 cm³/mol. The van der Waals surface area contributed by atoms with E-state index >= 15 is 35.1 Å². The van der Waals surface area contributed by atoms with Gasteiger partial charge in [0.25, 0.3) is 0 Å². The van der Waals surface area contributed by atoms with E-state index in [9.17, 15) is 62.3 Å². The SMILES string of the molecule is CC(C)(C)C(=O)c1cccc[n+]1CC(=O)c1ccccc1.Fc1c(F)c(F)c([B-](c2c(F)c(F)c(F)c(F)c2F)(c2c(F)c(F)c(F)c(F)c2F)c2c(F)c(F)c(F)c(F)c2F)c(F)c1F. The molecule has 6 aromatic rings. The van der Waals surface area contributed by atoms with Gasteiger partial charge in [0.1, 0.15) is 52.7 Å². The standard InChI is InChI=1S/C24BF20.C18H20NO2/c26-5-1(6(27)14(35)21(42)13(5)34)25(2-7(28)15(36)22(43)16(37)8(2)29,3-9(30)17(38)23(44)18(39)10(3)31)4-11(32)19(40)24(45)20(41)12(4)33;1-18(2,3)17(21)15-11-7-8-12-19(15)13-16(20)14-9-5-4-6-10-14/h;4-12H,13H2,1-3H3/q-1;+1. The van der Waals surface area contributed by atoms with E-state index in [0.717, 1.165) is 0 Å². The minimum Gasteiger partial charge on any atom is -0.287 e. The lowest BCUT2D eigenvalue weighted by Gasteiger charge is -2.44. The van der Waals surface area contributed by atoms with Crippen molar-refractivity contribution in [3.05, 3.63) is 182 Å². The fourth-order valence-electron chi connectivity index (χ4n) is 6.95. The second-order valence-electron chi connectivity index (χ2n) is 14.9. The second-order valence-corrected chi connectivity index (χ2v) is 14.9. The number of Topliss-reactive ketones (excluding diaryl/α,β-unsaturated/α-hetero) is 2. The van der Waals surface area contributed by atoms with Gasteiger partial charge in [0, 0.05) is 23.1 Å². The van der Waals surface area contributed by atoms with Crippen molar-refractivity contribution in [3.8, 4) is 0 Å². The Morgan fingerprint density at radius 3 is 0.924 bits per heavy atom. The van der Waals surface area contributed by atoms with Crippen LogP contribution >= 0.6 is 0 Å². The molecule has 5 aromatic carbocycles. The monoisotopic (exact) mass is 961 g/mol. The molecular weight excluding hydrogens is 941 g/mol. The highest BCUT2D eigenvalue weighted by Gasteiger charge is 2.52. The number of benzene rings is 5. The predicted octanol–water partition coefficient (Wildman–Crippen LogP) is 8.93. The van der Waals surface area contributed by atoms with Crippen molar-refractivity contribution in [3.63, 3.8) is 0 Å². The Balaban J connectivity index is 0.000000324. The number of halogens is 20. The van der Waals surface area contributed by atoms with Gasteiger partial charge in [-0.1, -0.05) is 51.1 Å². The molecule has 0 unspecified atom stereocenters. The second kappa shape index (κ2) is 18.3. The molecule has 0 N–H and O–H groups in total. The molecular formula is C42H20BF20NO2. The van der Waals surface area contributed by atoms with Gasteiger partial charge in [-0.25, -0.2) is 87.8 Å². The summed E-state index contributed by atoms with van der Waals surface area (Å²) in [6.45, 7) is 5.81. The number of hydrogen-bond acceptors (Lipinski definition) is 2. The molecule has 24 heteroatoms. The summed E-state index contributed by atoms with van der Waals surface area (Å²) < 4.78 is 296. The fraction of sp³-hybridized carbons (Fsp3) is 0.119. The highest BCUT2D eigenvalue weighted by molar-refractivity contribution is 7.20. The number of rotatable bonds is 8. The number of nitrogens with zero attached hydrogens (tertiary/aromatic N) is 1. The van der Waals surface area contributed by atoms with Crippen LogP contribution in [0.15, 0.2) is 54.7 Å². The number of aromatic nitrogens is 1. The van der Waals surface area contributed by atoms with Gasteiger partial charge in [0.05, 0.1) is 0 Å². The molecule has 1 heterocycles. The highest BCUT2D eigenvalue weighted by atomic mass is 19.2. The molecule has 0 atom stereocenters. The number of ketones is 2. The Bertz CT molecular complexity index is 2590. The van der Waals surface area contributed by atoms with Crippen molar-refractivity contribution in [2.24, 2.45) is 5.41 Å². The molecule has 3 nitrogen and oxygen atoms in total. The molecule has 0 aliphatic heterocycles. The van der Waals surface area contributed by atoms with Crippen LogP contribution in [-0.4, -0.2) is 17.7 Å². The molecule has 0 saturated heterocycles. The Hall–Kier alpha value is -6.75. The van der Waals surface area contributed by atoms with Crippen LogP contribution in [0.4, 0.5) is 87.8 Å². The van der Waals surface area contributed by atoms with Gasteiger partial charge in [-0.2, -0.15) is 4.57 Å². The summed E-state index contributed by atoms with van der Waals surface area (Å²) in [6.07, 6.45) is -5.44. The summed E-state index contributed by atoms with van der Waals surface area (Å²) in [7, 11) is 0. The smallest absolute Gasteiger partial charge is 0.249 e. The first-order valence-corrected chi connectivity index (χ1v) is 17.9. The normalized spacial score (nSPS) is 11.7. The maximum Gasteiger partial charge on any atom is 0.249 e. The number of pyridine rings is 1. The minimum absolute atomic E-state index is 0.00485. The van der Waals surface area contributed by atoms with Gasteiger partial charge in [-0.05, 0) is 6.07 Å². The van der Waals surface area contributed by atoms with Crippen molar-refractivity contribution in [1.82, 2.24) is 0 Å². The number of carbonyl (C=O) groups excluding carboxylic acids is 2. The maximum absolute atomic E-state index is 15.4. The Kier molecular flexibility index (Phi) is 13.9. The summed E-state index contributed by atoms with van der Waals surface area (Å²) in [6, 6.07) is 14.6. The molecule has 0 radical (unpaired) electrons. The first-order valence-electron chi connectivity index (χ1n) is 17.9. The lowest BCUT2D eigenvalue weighted by Crippen LogP contribution is -2.81. The van der Waals surface area contributed by atoms with Crippen LogP contribution in [0.25, 0.3) is 0 Å². The van der Waals surface area contributed by atoms with E-state index in [2.05, 4.69) is 0 Å². The van der Waals surface area contributed by atoms with Crippen molar-refractivity contribution in [2.45, 2.75) is 27.3 Å². The van der Waals surface area contributed by atoms with Crippen LogP contribution in [0.2, 0.25) is 0 Å². The zero-order valence-electron chi connectivity index (χ0n) is 32.8. The quantitative estimate of drug-likeness (QED) is 0.0382. The van der Waals surface area contributed by atoms with E-state index in [1.54, 1.807) is 29.0 Å². The van der Waals surface area contributed by atoms with E-state index in [1.165, 1.54) is 0 Å². The number of hydrogen-bond donors (Lipinski definition) is 0. The van der Waals surface area contributed by atoms with Crippen molar-refractivity contribution < 1.29 is 102 Å². The van der Waals surface area contributed by atoms with E-state index in [4.69, 9.17) is 0 Å². The van der Waals surface area contributed by atoms with Crippen molar-refractivity contribution >= 4 is 39.6 Å².